The summed E-state index contributed by atoms with van der Waals surface area (Å²) < 4.78 is 26.2. The van der Waals surface area contributed by atoms with Crippen LogP contribution in [0.1, 0.15) is 37.4 Å². The van der Waals surface area contributed by atoms with Crippen molar-refractivity contribution in [2.45, 2.75) is 13.8 Å². The summed E-state index contributed by atoms with van der Waals surface area (Å²) in [7, 11) is 0. The van der Waals surface area contributed by atoms with Crippen molar-refractivity contribution in [3.8, 4) is 0 Å². The van der Waals surface area contributed by atoms with Crippen molar-refractivity contribution < 1.29 is 23.5 Å². The van der Waals surface area contributed by atoms with Gasteiger partial charge in [0.2, 0.25) is 0 Å². The summed E-state index contributed by atoms with van der Waals surface area (Å²) in [5.74, 6) is -4.09. The molecule has 0 amide bonds. The fourth-order valence-electron chi connectivity index (χ4n) is 2.16. The van der Waals surface area contributed by atoms with Crippen LogP contribution in [0.25, 0.3) is 0 Å². The molecule has 0 radical (unpaired) electrons. The Morgan fingerprint density at radius 3 is 2.00 bits per heavy atom. The normalized spacial score (nSPS) is 10.5. The zero-order valence-electron chi connectivity index (χ0n) is 11.4. The fourth-order valence-corrected chi connectivity index (χ4v) is 2.16. The molecule has 0 atom stereocenters. The van der Waals surface area contributed by atoms with Crippen LogP contribution in [0.5, 0.6) is 0 Å². The SMILES string of the molecule is Cc1ccc(C)c(C(=O)c2ccc(F)c(F)c2)c1C(=O)O. The van der Waals surface area contributed by atoms with Crippen LogP contribution in [-0.2, 0) is 0 Å². The second-order valence-corrected chi connectivity index (χ2v) is 4.71. The molecule has 3 nitrogen and oxygen atoms in total. The predicted octanol–water partition coefficient (Wildman–Crippen LogP) is 3.51. The van der Waals surface area contributed by atoms with Crippen LogP contribution >= 0.6 is 0 Å². The third-order valence-corrected chi connectivity index (χ3v) is 3.24. The fraction of sp³-hybridized carbons (Fsp3) is 0.125. The molecule has 5 heteroatoms. The van der Waals surface area contributed by atoms with Gasteiger partial charge in [-0.05, 0) is 43.2 Å². The molecule has 0 aliphatic carbocycles. The molecule has 21 heavy (non-hydrogen) atoms. The Morgan fingerprint density at radius 1 is 0.905 bits per heavy atom. The average Bonchev–Trinajstić information content (AvgIpc) is 2.43. The standard InChI is InChI=1S/C16H12F2O3/c1-8-3-4-9(2)14(16(20)21)13(8)15(19)10-5-6-11(17)12(18)7-10/h3-7H,1-2H3,(H,20,21). The number of benzene rings is 2. The molecule has 1 N–H and O–H groups in total. The van der Waals surface area contributed by atoms with Gasteiger partial charge < -0.3 is 5.11 Å². The van der Waals surface area contributed by atoms with Gasteiger partial charge in [0.25, 0.3) is 0 Å². The Hall–Kier alpha value is -2.56. The van der Waals surface area contributed by atoms with Crippen molar-refractivity contribution in [2.24, 2.45) is 0 Å². The zero-order chi connectivity index (χ0) is 15.7. The Labute approximate surface area is 119 Å². The topological polar surface area (TPSA) is 54.4 Å². The first-order valence-electron chi connectivity index (χ1n) is 6.16. The molecule has 0 saturated heterocycles. The smallest absolute Gasteiger partial charge is 0.336 e. The largest absolute Gasteiger partial charge is 0.478 e. The van der Waals surface area contributed by atoms with Crippen molar-refractivity contribution in [3.05, 3.63) is 69.8 Å². The number of carboxylic acid groups (broad SMARTS) is 1. The molecule has 0 heterocycles. The highest BCUT2D eigenvalue weighted by molar-refractivity contribution is 6.15. The highest BCUT2D eigenvalue weighted by atomic mass is 19.2. The molecule has 2 aromatic carbocycles. The molecule has 108 valence electrons. The van der Waals surface area contributed by atoms with E-state index in [1.807, 2.05) is 0 Å². The second-order valence-electron chi connectivity index (χ2n) is 4.71. The van der Waals surface area contributed by atoms with Crippen LogP contribution in [0.2, 0.25) is 0 Å². The third-order valence-electron chi connectivity index (χ3n) is 3.24. The minimum absolute atomic E-state index is 0.00601. The number of hydrogen-bond donors (Lipinski definition) is 1. The number of hydrogen-bond acceptors (Lipinski definition) is 2. The van der Waals surface area contributed by atoms with Crippen LogP contribution < -0.4 is 0 Å². The molecule has 0 spiro atoms. The number of carbonyl (C=O) groups is 2. The van der Waals surface area contributed by atoms with E-state index in [-0.39, 0.29) is 16.7 Å². The van der Waals surface area contributed by atoms with E-state index < -0.39 is 23.4 Å². The van der Waals surface area contributed by atoms with E-state index in [1.54, 1.807) is 26.0 Å². The number of halogens is 2. The zero-order valence-corrected chi connectivity index (χ0v) is 11.4. The molecule has 0 unspecified atom stereocenters. The Balaban J connectivity index is 2.65. The predicted molar refractivity (Wildman–Crippen MR) is 72.7 cm³/mol. The van der Waals surface area contributed by atoms with E-state index in [0.29, 0.717) is 11.1 Å². The second kappa shape index (κ2) is 5.44. The van der Waals surface area contributed by atoms with Gasteiger partial charge in [-0.15, -0.1) is 0 Å². The summed E-state index contributed by atoms with van der Waals surface area (Å²) in [6, 6.07) is 5.96. The van der Waals surface area contributed by atoms with Gasteiger partial charge in [-0.3, -0.25) is 4.79 Å². The van der Waals surface area contributed by atoms with E-state index >= 15 is 0 Å². The maximum Gasteiger partial charge on any atom is 0.336 e. The lowest BCUT2D eigenvalue weighted by atomic mass is 9.91. The summed E-state index contributed by atoms with van der Waals surface area (Å²) >= 11 is 0. The summed E-state index contributed by atoms with van der Waals surface area (Å²) in [5, 5.41) is 9.28. The number of carbonyl (C=O) groups excluding carboxylic acids is 1. The van der Waals surface area contributed by atoms with Crippen molar-refractivity contribution in [3.63, 3.8) is 0 Å². The molecule has 0 saturated carbocycles. The summed E-state index contributed by atoms with van der Waals surface area (Å²) in [6.07, 6.45) is 0. The first-order valence-corrected chi connectivity index (χ1v) is 6.16. The lowest BCUT2D eigenvalue weighted by Crippen LogP contribution is -2.14. The average molecular weight is 290 g/mol. The Bertz CT molecular complexity index is 751. The highest BCUT2D eigenvalue weighted by Gasteiger charge is 2.23. The molecular formula is C16H12F2O3. The molecular weight excluding hydrogens is 278 g/mol. The number of carboxylic acids is 1. The van der Waals surface area contributed by atoms with E-state index in [9.17, 15) is 23.5 Å². The Kier molecular flexibility index (Phi) is 3.84. The summed E-state index contributed by atoms with van der Waals surface area (Å²) in [6.45, 7) is 3.17. The quantitative estimate of drug-likeness (QED) is 0.880. The maximum atomic E-state index is 13.3. The number of ketones is 1. The molecule has 0 bridgehead atoms. The molecule has 2 aromatic rings. The van der Waals surface area contributed by atoms with Crippen LogP contribution in [-0.4, -0.2) is 16.9 Å². The van der Waals surface area contributed by atoms with E-state index in [4.69, 9.17) is 0 Å². The van der Waals surface area contributed by atoms with Gasteiger partial charge in [0.1, 0.15) is 0 Å². The first kappa shape index (κ1) is 14.8. The summed E-state index contributed by atoms with van der Waals surface area (Å²) in [4.78, 5) is 23.8. The van der Waals surface area contributed by atoms with E-state index in [2.05, 4.69) is 0 Å². The van der Waals surface area contributed by atoms with Crippen LogP contribution in [0.4, 0.5) is 8.78 Å². The van der Waals surface area contributed by atoms with Gasteiger partial charge in [-0.25, -0.2) is 13.6 Å². The minimum Gasteiger partial charge on any atom is -0.478 e. The van der Waals surface area contributed by atoms with Crippen molar-refractivity contribution in [2.75, 3.05) is 0 Å². The minimum atomic E-state index is -1.23. The Morgan fingerprint density at radius 2 is 1.48 bits per heavy atom. The van der Waals surface area contributed by atoms with Crippen LogP contribution in [0, 0.1) is 25.5 Å². The van der Waals surface area contributed by atoms with E-state index in [1.165, 1.54) is 0 Å². The summed E-state index contributed by atoms with van der Waals surface area (Å²) in [5.41, 5.74) is 0.676. The molecule has 0 aliphatic heterocycles. The lowest BCUT2D eigenvalue weighted by molar-refractivity contribution is 0.0692. The van der Waals surface area contributed by atoms with Crippen LogP contribution in [0.3, 0.4) is 0 Å². The van der Waals surface area contributed by atoms with Crippen molar-refractivity contribution in [1.29, 1.82) is 0 Å². The van der Waals surface area contributed by atoms with Gasteiger partial charge in [-0.1, -0.05) is 12.1 Å². The number of aromatic carboxylic acids is 1. The first-order chi connectivity index (χ1) is 9.82. The van der Waals surface area contributed by atoms with Crippen LogP contribution in [0.15, 0.2) is 30.3 Å². The number of rotatable bonds is 3. The lowest BCUT2D eigenvalue weighted by Gasteiger charge is -2.11. The van der Waals surface area contributed by atoms with Gasteiger partial charge in [-0.2, -0.15) is 0 Å². The monoisotopic (exact) mass is 290 g/mol. The van der Waals surface area contributed by atoms with Gasteiger partial charge >= 0.3 is 5.97 Å². The molecule has 2 rings (SSSR count). The molecule has 0 aliphatic rings. The van der Waals surface area contributed by atoms with E-state index in [0.717, 1.165) is 18.2 Å². The van der Waals surface area contributed by atoms with Gasteiger partial charge in [0, 0.05) is 11.1 Å². The van der Waals surface area contributed by atoms with Crippen molar-refractivity contribution >= 4 is 11.8 Å². The third kappa shape index (κ3) is 2.67. The number of aryl methyl sites for hydroxylation is 2. The van der Waals surface area contributed by atoms with Crippen molar-refractivity contribution in [1.82, 2.24) is 0 Å². The molecule has 0 fully saturated rings. The van der Waals surface area contributed by atoms with Gasteiger partial charge in [0.05, 0.1) is 5.56 Å². The maximum absolute atomic E-state index is 13.3. The van der Waals surface area contributed by atoms with Gasteiger partial charge in [0.15, 0.2) is 17.4 Å². The molecule has 0 aromatic heterocycles. The highest BCUT2D eigenvalue weighted by Crippen LogP contribution is 2.23.